The SMILES string of the molecule is CNCC(c1nn[nH]n1)c1c[nH]c2ccccc12. The van der Waals surface area contributed by atoms with Crippen molar-refractivity contribution >= 4 is 10.9 Å². The maximum absolute atomic E-state index is 4.10. The summed E-state index contributed by atoms with van der Waals surface area (Å²) in [6.07, 6.45) is 2.02. The fraction of sp³-hybridized carbons (Fsp3) is 0.250. The van der Waals surface area contributed by atoms with E-state index in [-0.39, 0.29) is 5.92 Å². The zero-order valence-electron chi connectivity index (χ0n) is 10.0. The number of para-hydroxylation sites is 1. The zero-order chi connectivity index (χ0) is 12.4. The Morgan fingerprint density at radius 2 is 2.22 bits per heavy atom. The maximum Gasteiger partial charge on any atom is 0.183 e. The molecule has 2 aromatic heterocycles. The van der Waals surface area contributed by atoms with E-state index in [2.05, 4.69) is 43.1 Å². The van der Waals surface area contributed by atoms with Crippen LogP contribution in [-0.4, -0.2) is 39.2 Å². The van der Waals surface area contributed by atoms with E-state index < -0.39 is 0 Å². The predicted molar refractivity (Wildman–Crippen MR) is 68.2 cm³/mol. The van der Waals surface area contributed by atoms with E-state index in [1.165, 1.54) is 10.9 Å². The molecule has 18 heavy (non-hydrogen) atoms. The highest BCUT2D eigenvalue weighted by Gasteiger charge is 2.20. The van der Waals surface area contributed by atoms with Crippen LogP contribution in [0.3, 0.4) is 0 Å². The molecule has 3 N–H and O–H groups in total. The fourth-order valence-electron chi connectivity index (χ4n) is 2.24. The highest BCUT2D eigenvalue weighted by molar-refractivity contribution is 5.84. The van der Waals surface area contributed by atoms with Gasteiger partial charge in [0.1, 0.15) is 0 Å². The number of hydrogen-bond donors (Lipinski definition) is 3. The van der Waals surface area contributed by atoms with Gasteiger partial charge >= 0.3 is 0 Å². The van der Waals surface area contributed by atoms with Gasteiger partial charge in [-0.05, 0) is 18.7 Å². The molecule has 0 aliphatic rings. The zero-order valence-corrected chi connectivity index (χ0v) is 10.0. The lowest BCUT2D eigenvalue weighted by atomic mass is 9.98. The smallest absolute Gasteiger partial charge is 0.183 e. The molecule has 1 unspecified atom stereocenters. The summed E-state index contributed by atoms with van der Waals surface area (Å²) in [5.74, 6) is 0.791. The fourth-order valence-corrected chi connectivity index (χ4v) is 2.24. The first-order chi connectivity index (χ1) is 8.90. The van der Waals surface area contributed by atoms with Crippen molar-refractivity contribution < 1.29 is 0 Å². The molecule has 0 bridgehead atoms. The van der Waals surface area contributed by atoms with E-state index in [9.17, 15) is 0 Å². The van der Waals surface area contributed by atoms with Crippen molar-refractivity contribution in [3.63, 3.8) is 0 Å². The van der Waals surface area contributed by atoms with E-state index in [0.717, 1.165) is 12.1 Å². The number of aromatic nitrogens is 5. The largest absolute Gasteiger partial charge is 0.361 e. The van der Waals surface area contributed by atoms with Gasteiger partial charge in [0.2, 0.25) is 0 Å². The molecule has 6 heteroatoms. The molecule has 0 saturated carbocycles. The first kappa shape index (κ1) is 10.9. The van der Waals surface area contributed by atoms with Crippen LogP contribution in [0.2, 0.25) is 0 Å². The van der Waals surface area contributed by atoms with Gasteiger partial charge in [-0.15, -0.1) is 10.2 Å². The van der Waals surface area contributed by atoms with E-state index in [1.807, 2.05) is 25.4 Å². The summed E-state index contributed by atoms with van der Waals surface area (Å²) in [6, 6.07) is 8.21. The van der Waals surface area contributed by atoms with Crippen LogP contribution in [0.4, 0.5) is 0 Å². The highest BCUT2D eigenvalue weighted by atomic mass is 15.5. The third kappa shape index (κ3) is 1.76. The number of likely N-dealkylation sites (N-methyl/N-ethyl adjacent to an activating group) is 1. The quantitative estimate of drug-likeness (QED) is 0.638. The second kappa shape index (κ2) is 4.58. The topological polar surface area (TPSA) is 82.3 Å². The van der Waals surface area contributed by atoms with Gasteiger partial charge in [-0.3, -0.25) is 0 Å². The normalized spacial score (nSPS) is 12.9. The van der Waals surface area contributed by atoms with E-state index in [1.54, 1.807) is 0 Å². The van der Waals surface area contributed by atoms with Gasteiger partial charge < -0.3 is 10.3 Å². The van der Waals surface area contributed by atoms with Crippen molar-refractivity contribution in [3.05, 3.63) is 41.9 Å². The summed E-state index contributed by atoms with van der Waals surface area (Å²) in [5, 5.41) is 18.7. The molecule has 92 valence electrons. The Kier molecular flexibility index (Phi) is 2.77. The molecular weight excluding hydrogens is 228 g/mol. The monoisotopic (exact) mass is 242 g/mol. The second-order valence-electron chi connectivity index (χ2n) is 4.17. The Labute approximate surface area is 104 Å². The summed E-state index contributed by atoms with van der Waals surface area (Å²) < 4.78 is 0. The van der Waals surface area contributed by atoms with Crippen LogP contribution in [0.1, 0.15) is 17.3 Å². The number of hydrogen-bond acceptors (Lipinski definition) is 4. The molecule has 1 atom stereocenters. The van der Waals surface area contributed by atoms with Gasteiger partial charge in [0.15, 0.2) is 5.82 Å². The lowest BCUT2D eigenvalue weighted by molar-refractivity contribution is 0.675. The molecule has 3 aromatic rings. The Balaban J connectivity index is 2.10. The third-order valence-electron chi connectivity index (χ3n) is 3.08. The average molecular weight is 242 g/mol. The minimum Gasteiger partial charge on any atom is -0.361 e. The predicted octanol–water partition coefficient (Wildman–Crippen LogP) is 1.03. The summed E-state index contributed by atoms with van der Waals surface area (Å²) in [6.45, 7) is 0.765. The Bertz CT molecular complexity index is 627. The molecule has 6 nitrogen and oxygen atoms in total. The molecular formula is C12H14N6. The second-order valence-corrected chi connectivity index (χ2v) is 4.17. The van der Waals surface area contributed by atoms with Crippen molar-refractivity contribution in [1.82, 2.24) is 30.9 Å². The molecule has 0 spiro atoms. The molecule has 0 saturated heterocycles. The third-order valence-corrected chi connectivity index (χ3v) is 3.08. The molecule has 0 aliphatic carbocycles. The van der Waals surface area contributed by atoms with Crippen molar-refractivity contribution in [2.24, 2.45) is 0 Å². The van der Waals surface area contributed by atoms with Crippen molar-refractivity contribution in [2.45, 2.75) is 5.92 Å². The number of nitrogens with zero attached hydrogens (tertiary/aromatic N) is 3. The summed E-state index contributed by atoms with van der Waals surface area (Å²) in [4.78, 5) is 3.28. The lowest BCUT2D eigenvalue weighted by Gasteiger charge is -2.11. The van der Waals surface area contributed by atoms with E-state index >= 15 is 0 Å². The van der Waals surface area contributed by atoms with Gasteiger partial charge in [0.25, 0.3) is 0 Å². The number of H-pyrrole nitrogens is 2. The number of rotatable bonds is 4. The van der Waals surface area contributed by atoms with Crippen molar-refractivity contribution in [1.29, 1.82) is 0 Å². The molecule has 3 rings (SSSR count). The molecule has 0 radical (unpaired) electrons. The van der Waals surface area contributed by atoms with Crippen molar-refractivity contribution in [2.75, 3.05) is 13.6 Å². The first-order valence-corrected chi connectivity index (χ1v) is 5.84. The Morgan fingerprint density at radius 1 is 1.33 bits per heavy atom. The van der Waals surface area contributed by atoms with Crippen LogP contribution in [-0.2, 0) is 0 Å². The summed E-state index contributed by atoms with van der Waals surface area (Å²) >= 11 is 0. The molecule has 2 heterocycles. The van der Waals surface area contributed by atoms with E-state index in [4.69, 9.17) is 0 Å². The molecule has 0 fully saturated rings. The minimum atomic E-state index is 0.0879. The highest BCUT2D eigenvalue weighted by Crippen LogP contribution is 2.28. The Hall–Kier alpha value is -2.21. The maximum atomic E-state index is 4.10. The number of fused-ring (bicyclic) bond motifs is 1. The number of tetrazole rings is 1. The molecule has 0 amide bonds. The lowest BCUT2D eigenvalue weighted by Crippen LogP contribution is -2.19. The van der Waals surface area contributed by atoms with Crippen LogP contribution in [0.25, 0.3) is 10.9 Å². The average Bonchev–Trinajstić information content (AvgIpc) is 3.06. The van der Waals surface area contributed by atoms with Crippen LogP contribution in [0, 0.1) is 0 Å². The number of nitrogens with one attached hydrogen (secondary N) is 3. The van der Waals surface area contributed by atoms with Gasteiger partial charge in [0, 0.05) is 23.6 Å². The summed E-state index contributed by atoms with van der Waals surface area (Å²) in [7, 11) is 1.92. The van der Waals surface area contributed by atoms with Crippen LogP contribution >= 0.6 is 0 Å². The minimum absolute atomic E-state index is 0.0879. The number of benzene rings is 1. The van der Waals surface area contributed by atoms with Gasteiger partial charge in [-0.2, -0.15) is 5.21 Å². The van der Waals surface area contributed by atoms with Gasteiger partial charge in [0.05, 0.1) is 5.92 Å². The standard InChI is InChI=1S/C12H14N6/c1-13-6-10(12-15-17-18-16-12)9-7-14-11-5-3-2-4-8(9)11/h2-5,7,10,13-14H,6H2,1H3,(H,15,16,17,18). The summed E-state index contributed by atoms with van der Waals surface area (Å²) in [5.41, 5.74) is 2.30. The molecule has 1 aromatic carbocycles. The van der Waals surface area contributed by atoms with E-state index in [0.29, 0.717) is 5.82 Å². The first-order valence-electron chi connectivity index (χ1n) is 5.84. The van der Waals surface area contributed by atoms with Crippen LogP contribution < -0.4 is 5.32 Å². The van der Waals surface area contributed by atoms with Gasteiger partial charge in [-0.1, -0.05) is 23.4 Å². The van der Waals surface area contributed by atoms with Crippen molar-refractivity contribution in [3.8, 4) is 0 Å². The number of aromatic amines is 2. The molecule has 0 aliphatic heterocycles. The van der Waals surface area contributed by atoms with Crippen LogP contribution in [0.15, 0.2) is 30.5 Å². The Morgan fingerprint density at radius 3 is 3.00 bits per heavy atom. The van der Waals surface area contributed by atoms with Crippen LogP contribution in [0.5, 0.6) is 0 Å². The van der Waals surface area contributed by atoms with Gasteiger partial charge in [-0.25, -0.2) is 0 Å².